The number of benzene rings is 2. The lowest BCUT2D eigenvalue weighted by Crippen LogP contribution is -2.49. The Morgan fingerprint density at radius 1 is 0.818 bits per heavy atom. The zero-order valence-electron chi connectivity index (χ0n) is 12.1. The normalized spacial score (nSPS) is 15.1. The van der Waals surface area contributed by atoms with Crippen LogP contribution in [-0.2, 0) is 6.67 Å². The Bertz CT molecular complexity index is 966. The number of fused-ring (bicyclic) bond motifs is 6. The molecule has 0 bridgehead atoms. The molecule has 104 valence electrons. The Balaban J connectivity index is 1.76. The van der Waals surface area contributed by atoms with Gasteiger partial charge in [-0.1, -0.05) is 36.4 Å². The van der Waals surface area contributed by atoms with E-state index in [1.54, 1.807) is 0 Å². The van der Waals surface area contributed by atoms with Crippen LogP contribution in [0.25, 0.3) is 23.1 Å². The highest BCUT2D eigenvalue weighted by Crippen LogP contribution is 2.33. The number of pyridine rings is 1. The van der Waals surface area contributed by atoms with Crippen molar-refractivity contribution in [3.05, 3.63) is 83.7 Å². The van der Waals surface area contributed by atoms with E-state index in [0.29, 0.717) is 0 Å². The lowest BCUT2D eigenvalue weighted by molar-refractivity contribution is -0.673. The van der Waals surface area contributed by atoms with Crippen LogP contribution in [-0.4, -0.2) is 0 Å². The minimum absolute atomic E-state index is 0.851. The lowest BCUT2D eigenvalue weighted by atomic mass is 10.0. The fourth-order valence-corrected chi connectivity index (χ4v) is 3.42. The second-order valence-corrected chi connectivity index (χ2v) is 5.78. The molecule has 0 saturated carbocycles. The fraction of sp³-hybridized carbons (Fsp3) is 0.0500. The Morgan fingerprint density at radius 3 is 2.68 bits per heavy atom. The average molecular weight is 283 g/mol. The van der Waals surface area contributed by atoms with E-state index in [0.717, 1.165) is 6.67 Å². The maximum Gasteiger partial charge on any atom is 0.229 e. The van der Waals surface area contributed by atoms with E-state index < -0.39 is 0 Å². The van der Waals surface area contributed by atoms with E-state index >= 15 is 0 Å². The van der Waals surface area contributed by atoms with Gasteiger partial charge in [-0.25, -0.2) is 0 Å². The van der Waals surface area contributed by atoms with Crippen molar-refractivity contribution >= 4 is 28.7 Å². The van der Waals surface area contributed by atoms with Crippen molar-refractivity contribution in [1.82, 2.24) is 0 Å². The number of aromatic nitrogens is 1. The number of rotatable bonds is 0. The number of hydrogen-bond acceptors (Lipinski definition) is 1. The molecule has 0 atom stereocenters. The largest absolute Gasteiger partial charge is 0.285 e. The Hall–Kier alpha value is -2.87. The van der Waals surface area contributed by atoms with E-state index in [4.69, 9.17) is 0 Å². The van der Waals surface area contributed by atoms with Gasteiger partial charge in [-0.2, -0.15) is 4.57 Å². The van der Waals surface area contributed by atoms with Gasteiger partial charge in [0.15, 0.2) is 0 Å². The SMILES string of the molecule is C1=Cc2ccccc2N2C[n+]3c(ccc4ccccc43)C=C12. The molecule has 0 aliphatic carbocycles. The molecule has 0 amide bonds. The molecule has 5 rings (SSSR count). The summed E-state index contributed by atoms with van der Waals surface area (Å²) in [6.45, 7) is 0.851. The Kier molecular flexibility index (Phi) is 2.30. The van der Waals surface area contributed by atoms with Crippen molar-refractivity contribution in [3.63, 3.8) is 0 Å². The topological polar surface area (TPSA) is 7.12 Å². The van der Waals surface area contributed by atoms with Gasteiger partial charge in [-0.05, 0) is 29.8 Å². The van der Waals surface area contributed by atoms with Crippen LogP contribution in [0.5, 0.6) is 0 Å². The van der Waals surface area contributed by atoms with Crippen LogP contribution in [0.2, 0.25) is 0 Å². The quantitative estimate of drug-likeness (QED) is 0.566. The second-order valence-electron chi connectivity index (χ2n) is 5.78. The van der Waals surface area contributed by atoms with Gasteiger partial charge in [0, 0.05) is 23.6 Å². The number of hydrogen-bond donors (Lipinski definition) is 0. The van der Waals surface area contributed by atoms with Crippen LogP contribution in [0.1, 0.15) is 11.3 Å². The summed E-state index contributed by atoms with van der Waals surface area (Å²) in [7, 11) is 0. The summed E-state index contributed by atoms with van der Waals surface area (Å²) in [5, 5.41) is 1.28. The van der Waals surface area contributed by atoms with Gasteiger partial charge in [0.1, 0.15) is 0 Å². The van der Waals surface area contributed by atoms with Crippen molar-refractivity contribution in [2.75, 3.05) is 4.90 Å². The van der Waals surface area contributed by atoms with Crippen LogP contribution in [0, 0.1) is 0 Å². The third kappa shape index (κ3) is 1.58. The highest BCUT2D eigenvalue weighted by Gasteiger charge is 2.28. The third-order valence-electron chi connectivity index (χ3n) is 4.52. The van der Waals surface area contributed by atoms with E-state index in [9.17, 15) is 0 Å². The van der Waals surface area contributed by atoms with Crippen LogP contribution < -0.4 is 9.47 Å². The first kappa shape index (κ1) is 11.8. The number of para-hydroxylation sites is 2. The van der Waals surface area contributed by atoms with Crippen LogP contribution in [0.4, 0.5) is 5.69 Å². The molecule has 2 nitrogen and oxygen atoms in total. The summed E-state index contributed by atoms with van der Waals surface area (Å²) in [4.78, 5) is 2.38. The molecule has 2 aromatic carbocycles. The lowest BCUT2D eigenvalue weighted by Gasteiger charge is -2.30. The minimum atomic E-state index is 0.851. The van der Waals surface area contributed by atoms with Gasteiger partial charge < -0.3 is 0 Å². The first-order chi connectivity index (χ1) is 10.9. The predicted molar refractivity (Wildman–Crippen MR) is 90.1 cm³/mol. The highest BCUT2D eigenvalue weighted by molar-refractivity contribution is 5.81. The van der Waals surface area contributed by atoms with Gasteiger partial charge >= 0.3 is 0 Å². The molecule has 22 heavy (non-hydrogen) atoms. The Labute approximate surface area is 129 Å². The third-order valence-corrected chi connectivity index (χ3v) is 4.52. The fourth-order valence-electron chi connectivity index (χ4n) is 3.42. The molecule has 3 heterocycles. The first-order valence-electron chi connectivity index (χ1n) is 7.58. The molecule has 0 spiro atoms. The van der Waals surface area contributed by atoms with Gasteiger partial charge in [-0.15, -0.1) is 0 Å². The molecular weight excluding hydrogens is 268 g/mol. The molecule has 0 radical (unpaired) electrons. The first-order valence-corrected chi connectivity index (χ1v) is 7.58. The molecular formula is C20H15N2+. The summed E-state index contributed by atoms with van der Waals surface area (Å²) in [5.74, 6) is 0. The van der Waals surface area contributed by atoms with Crippen molar-refractivity contribution in [2.24, 2.45) is 0 Å². The van der Waals surface area contributed by atoms with E-state index in [-0.39, 0.29) is 0 Å². The molecule has 3 aromatic rings. The monoisotopic (exact) mass is 283 g/mol. The molecule has 2 heteroatoms. The molecule has 0 saturated heterocycles. The van der Waals surface area contributed by atoms with Gasteiger partial charge in [0.25, 0.3) is 0 Å². The van der Waals surface area contributed by atoms with E-state index in [1.807, 2.05) is 0 Å². The van der Waals surface area contributed by atoms with Crippen molar-refractivity contribution in [1.29, 1.82) is 0 Å². The highest BCUT2D eigenvalue weighted by atomic mass is 15.3. The summed E-state index contributed by atoms with van der Waals surface area (Å²) in [6.07, 6.45) is 6.68. The summed E-state index contributed by atoms with van der Waals surface area (Å²) in [5.41, 5.74) is 6.36. The smallest absolute Gasteiger partial charge is 0.229 e. The summed E-state index contributed by atoms with van der Waals surface area (Å²) >= 11 is 0. The van der Waals surface area contributed by atoms with Crippen molar-refractivity contribution < 1.29 is 4.57 Å². The van der Waals surface area contributed by atoms with Crippen molar-refractivity contribution in [2.45, 2.75) is 6.67 Å². The Morgan fingerprint density at radius 2 is 1.68 bits per heavy atom. The number of nitrogens with zero attached hydrogens (tertiary/aromatic N) is 2. The van der Waals surface area contributed by atoms with E-state index in [1.165, 1.54) is 33.5 Å². The predicted octanol–water partition coefficient (Wildman–Crippen LogP) is 3.97. The number of allylic oxidation sites excluding steroid dienone is 1. The maximum atomic E-state index is 2.38. The summed E-state index contributed by atoms with van der Waals surface area (Å²) in [6, 6.07) is 21.6. The number of anilines is 1. The maximum absolute atomic E-state index is 2.38. The molecule has 1 aromatic heterocycles. The zero-order valence-corrected chi connectivity index (χ0v) is 12.1. The van der Waals surface area contributed by atoms with Crippen LogP contribution >= 0.6 is 0 Å². The van der Waals surface area contributed by atoms with Crippen LogP contribution in [0.3, 0.4) is 0 Å². The molecule has 0 fully saturated rings. The van der Waals surface area contributed by atoms with Gasteiger partial charge in [-0.3, -0.25) is 4.90 Å². The zero-order chi connectivity index (χ0) is 14.5. The van der Waals surface area contributed by atoms with Crippen molar-refractivity contribution in [3.8, 4) is 0 Å². The van der Waals surface area contributed by atoms with Crippen LogP contribution in [0.15, 0.2) is 72.4 Å². The average Bonchev–Trinajstić information content (AvgIpc) is 2.60. The summed E-state index contributed by atoms with van der Waals surface area (Å²) < 4.78 is 2.38. The van der Waals surface area contributed by atoms with Gasteiger partial charge in [0.2, 0.25) is 17.9 Å². The molecule has 0 unspecified atom stereocenters. The minimum Gasteiger partial charge on any atom is -0.285 e. The van der Waals surface area contributed by atoms with Gasteiger partial charge in [0.05, 0.1) is 11.4 Å². The standard InChI is InChI=1S/C20H15N2/c1-3-7-19-15(5-1)9-11-17-13-18-12-10-16-6-2-4-8-20(16)22(18)14-21(17)19/h1-13H,14H2/q+1. The molecule has 2 aliphatic rings. The van der Waals surface area contributed by atoms with E-state index in [2.05, 4.69) is 88.4 Å². The molecule has 2 aliphatic heterocycles. The molecule has 0 N–H and O–H groups in total. The second kappa shape index (κ2) is 4.31.